The van der Waals surface area contributed by atoms with Gasteiger partial charge in [-0.2, -0.15) is 0 Å². The first kappa shape index (κ1) is 10.1. The second-order valence-electron chi connectivity index (χ2n) is 4.30. The molecule has 1 aliphatic carbocycles. The van der Waals surface area contributed by atoms with Gasteiger partial charge >= 0.3 is 0 Å². The number of hydrogen-bond acceptors (Lipinski definition) is 2. The molecule has 1 aromatic heterocycles. The molecule has 3 heteroatoms. The van der Waals surface area contributed by atoms with Crippen LogP contribution in [-0.2, 0) is 0 Å². The van der Waals surface area contributed by atoms with E-state index < -0.39 is 0 Å². The number of pyridine rings is 1. The van der Waals surface area contributed by atoms with Crippen molar-refractivity contribution in [1.29, 1.82) is 0 Å². The molecule has 3 nitrogen and oxygen atoms in total. The maximum Gasteiger partial charge on any atom is 0.270 e. The maximum atomic E-state index is 11.7. The molecule has 2 rings (SSSR count). The molecule has 1 saturated carbocycles. The van der Waals surface area contributed by atoms with E-state index in [4.69, 9.17) is 0 Å². The number of amides is 1. The highest BCUT2D eigenvalue weighted by atomic mass is 16.1. The van der Waals surface area contributed by atoms with Crippen molar-refractivity contribution < 1.29 is 4.79 Å². The third-order valence-electron chi connectivity index (χ3n) is 2.93. The molecule has 1 aromatic rings. The summed E-state index contributed by atoms with van der Waals surface area (Å²) in [5.74, 6) is 0.689. The van der Waals surface area contributed by atoms with Crippen LogP contribution in [0.5, 0.6) is 0 Å². The maximum absolute atomic E-state index is 11.7. The predicted octanol–water partition coefficient (Wildman–Crippen LogP) is 2.00. The van der Waals surface area contributed by atoms with Crippen LogP contribution in [0.2, 0.25) is 0 Å². The van der Waals surface area contributed by atoms with E-state index in [0.717, 1.165) is 18.8 Å². The van der Waals surface area contributed by atoms with E-state index in [0.29, 0.717) is 11.7 Å². The monoisotopic (exact) mass is 204 g/mol. The van der Waals surface area contributed by atoms with E-state index in [1.54, 1.807) is 12.3 Å². The van der Waals surface area contributed by atoms with Crippen LogP contribution in [0.25, 0.3) is 0 Å². The van der Waals surface area contributed by atoms with Gasteiger partial charge in [-0.05, 0) is 37.3 Å². The lowest BCUT2D eigenvalue weighted by Gasteiger charge is -2.11. The second-order valence-corrected chi connectivity index (χ2v) is 4.30. The molecule has 1 aliphatic rings. The topological polar surface area (TPSA) is 42.0 Å². The highest BCUT2D eigenvalue weighted by Gasteiger charge is 2.23. The molecule has 0 saturated heterocycles. The fraction of sp³-hybridized carbons (Fsp3) is 0.500. The molecule has 15 heavy (non-hydrogen) atoms. The fourth-order valence-electron chi connectivity index (χ4n) is 2.09. The summed E-state index contributed by atoms with van der Waals surface area (Å²) >= 11 is 0. The minimum absolute atomic E-state index is 0.0466. The normalized spacial score (nSPS) is 25.1. The van der Waals surface area contributed by atoms with Crippen molar-refractivity contribution in [3.8, 4) is 0 Å². The Morgan fingerprint density at radius 1 is 1.47 bits per heavy atom. The van der Waals surface area contributed by atoms with Crippen LogP contribution >= 0.6 is 0 Å². The Morgan fingerprint density at radius 2 is 2.33 bits per heavy atom. The Kier molecular flexibility index (Phi) is 2.99. The van der Waals surface area contributed by atoms with Crippen LogP contribution in [0.15, 0.2) is 24.4 Å². The van der Waals surface area contributed by atoms with Crippen molar-refractivity contribution in [2.75, 3.05) is 0 Å². The van der Waals surface area contributed by atoms with E-state index in [1.165, 1.54) is 6.42 Å². The second kappa shape index (κ2) is 4.43. The SMILES string of the molecule is CC1CCC(NC(=O)c2ccccn2)C1. The summed E-state index contributed by atoms with van der Waals surface area (Å²) in [6, 6.07) is 5.73. The number of rotatable bonds is 2. The van der Waals surface area contributed by atoms with Crippen molar-refractivity contribution >= 4 is 5.91 Å². The first-order valence-corrected chi connectivity index (χ1v) is 5.47. The van der Waals surface area contributed by atoms with E-state index in [-0.39, 0.29) is 5.91 Å². The van der Waals surface area contributed by atoms with Gasteiger partial charge in [0, 0.05) is 12.2 Å². The quantitative estimate of drug-likeness (QED) is 0.800. The van der Waals surface area contributed by atoms with Crippen LogP contribution in [-0.4, -0.2) is 16.9 Å². The summed E-state index contributed by atoms with van der Waals surface area (Å²) in [5.41, 5.74) is 0.511. The van der Waals surface area contributed by atoms with Gasteiger partial charge in [0.1, 0.15) is 5.69 Å². The van der Waals surface area contributed by atoms with E-state index >= 15 is 0 Å². The van der Waals surface area contributed by atoms with Gasteiger partial charge in [0.05, 0.1) is 0 Å². The van der Waals surface area contributed by atoms with Gasteiger partial charge in [0.25, 0.3) is 5.91 Å². The Bertz CT molecular complexity index is 337. The van der Waals surface area contributed by atoms with Crippen LogP contribution in [0, 0.1) is 5.92 Å². The summed E-state index contributed by atoms with van der Waals surface area (Å²) in [4.78, 5) is 15.8. The molecule has 2 unspecified atom stereocenters. The van der Waals surface area contributed by atoms with Gasteiger partial charge in [-0.3, -0.25) is 9.78 Å². The molecule has 0 aliphatic heterocycles. The molecule has 1 heterocycles. The molecule has 80 valence electrons. The molecular formula is C12H16N2O. The molecular weight excluding hydrogens is 188 g/mol. The molecule has 0 aromatic carbocycles. The van der Waals surface area contributed by atoms with Crippen LogP contribution in [0.1, 0.15) is 36.7 Å². The third kappa shape index (κ3) is 2.55. The lowest BCUT2D eigenvalue weighted by atomic mass is 10.1. The first-order valence-electron chi connectivity index (χ1n) is 5.47. The molecule has 1 fully saturated rings. The first-order chi connectivity index (χ1) is 7.25. The highest BCUT2D eigenvalue weighted by Crippen LogP contribution is 2.24. The predicted molar refractivity (Wildman–Crippen MR) is 58.5 cm³/mol. The van der Waals surface area contributed by atoms with Gasteiger partial charge < -0.3 is 5.32 Å². The van der Waals surface area contributed by atoms with Crippen LogP contribution < -0.4 is 5.32 Å². The van der Waals surface area contributed by atoms with E-state index in [1.807, 2.05) is 12.1 Å². The Balaban J connectivity index is 1.93. The summed E-state index contributed by atoms with van der Waals surface area (Å²) in [7, 11) is 0. The van der Waals surface area contributed by atoms with Crippen molar-refractivity contribution in [3.05, 3.63) is 30.1 Å². The average molecular weight is 204 g/mol. The fourth-order valence-corrected chi connectivity index (χ4v) is 2.09. The minimum Gasteiger partial charge on any atom is -0.348 e. The Labute approximate surface area is 89.9 Å². The zero-order valence-corrected chi connectivity index (χ0v) is 8.94. The van der Waals surface area contributed by atoms with Crippen molar-refractivity contribution in [2.24, 2.45) is 5.92 Å². The third-order valence-corrected chi connectivity index (χ3v) is 2.93. The number of nitrogens with zero attached hydrogens (tertiary/aromatic N) is 1. The zero-order valence-electron chi connectivity index (χ0n) is 8.94. The highest BCUT2D eigenvalue weighted by molar-refractivity contribution is 5.92. The Hall–Kier alpha value is -1.38. The zero-order chi connectivity index (χ0) is 10.7. The molecule has 0 bridgehead atoms. The van der Waals surface area contributed by atoms with E-state index in [2.05, 4.69) is 17.2 Å². The molecule has 1 N–H and O–H groups in total. The average Bonchev–Trinajstić information content (AvgIpc) is 2.65. The summed E-state index contributed by atoms with van der Waals surface area (Å²) < 4.78 is 0. The number of carbonyl (C=O) groups is 1. The molecule has 0 radical (unpaired) electrons. The minimum atomic E-state index is -0.0466. The van der Waals surface area contributed by atoms with Gasteiger partial charge in [-0.1, -0.05) is 13.0 Å². The number of nitrogens with one attached hydrogen (secondary N) is 1. The van der Waals surface area contributed by atoms with Crippen molar-refractivity contribution in [2.45, 2.75) is 32.2 Å². The summed E-state index contributed by atoms with van der Waals surface area (Å²) in [6.45, 7) is 2.23. The standard InChI is InChI=1S/C12H16N2O/c1-9-5-6-10(8-9)14-12(15)11-4-2-3-7-13-11/h2-4,7,9-10H,5-6,8H2,1H3,(H,14,15). The number of hydrogen-bond donors (Lipinski definition) is 1. The van der Waals surface area contributed by atoms with E-state index in [9.17, 15) is 4.79 Å². The van der Waals surface area contributed by atoms with Crippen molar-refractivity contribution in [1.82, 2.24) is 10.3 Å². The number of aromatic nitrogens is 1. The number of carbonyl (C=O) groups excluding carboxylic acids is 1. The largest absolute Gasteiger partial charge is 0.348 e. The van der Waals surface area contributed by atoms with Gasteiger partial charge in [-0.15, -0.1) is 0 Å². The van der Waals surface area contributed by atoms with Gasteiger partial charge in [-0.25, -0.2) is 0 Å². The Morgan fingerprint density at radius 3 is 2.93 bits per heavy atom. The van der Waals surface area contributed by atoms with Gasteiger partial charge in [0.2, 0.25) is 0 Å². The van der Waals surface area contributed by atoms with Crippen LogP contribution in [0.3, 0.4) is 0 Å². The van der Waals surface area contributed by atoms with Crippen LogP contribution in [0.4, 0.5) is 0 Å². The lowest BCUT2D eigenvalue weighted by molar-refractivity contribution is 0.0932. The van der Waals surface area contributed by atoms with Gasteiger partial charge in [0.15, 0.2) is 0 Å². The summed E-state index contributed by atoms with van der Waals surface area (Å²) in [6.07, 6.45) is 5.05. The smallest absolute Gasteiger partial charge is 0.270 e. The molecule has 2 atom stereocenters. The summed E-state index contributed by atoms with van der Waals surface area (Å²) in [5, 5.41) is 3.02. The lowest BCUT2D eigenvalue weighted by Crippen LogP contribution is -2.33. The molecule has 0 spiro atoms. The van der Waals surface area contributed by atoms with Crippen molar-refractivity contribution in [3.63, 3.8) is 0 Å². The molecule has 1 amide bonds.